The van der Waals surface area contributed by atoms with Crippen LogP contribution in [0.1, 0.15) is 44.6 Å². The minimum atomic E-state index is -0.821. The van der Waals surface area contributed by atoms with Gasteiger partial charge in [-0.3, -0.25) is 4.90 Å². The third kappa shape index (κ3) is 4.88. The van der Waals surface area contributed by atoms with Crippen molar-refractivity contribution in [2.45, 2.75) is 75.3 Å². The molecule has 0 radical (unpaired) electrons. The molecule has 10 nitrogen and oxygen atoms in total. The van der Waals surface area contributed by atoms with Gasteiger partial charge in [-0.25, -0.2) is 9.37 Å². The Morgan fingerprint density at radius 3 is 2.91 bits per heavy atom. The highest BCUT2D eigenvalue weighted by Gasteiger charge is 2.50. The lowest BCUT2D eigenvalue weighted by Gasteiger charge is -2.40. The van der Waals surface area contributed by atoms with Crippen LogP contribution in [0, 0.1) is 0 Å². The summed E-state index contributed by atoms with van der Waals surface area (Å²) in [6.07, 6.45) is 4.77. The number of nitrogens with one attached hydrogen (secondary N) is 1. The number of halogens is 1. The van der Waals surface area contributed by atoms with Crippen molar-refractivity contribution in [3.05, 3.63) is 42.0 Å². The number of alkyl halides is 1. The van der Waals surface area contributed by atoms with E-state index >= 15 is 0 Å². The van der Waals surface area contributed by atoms with E-state index in [0.29, 0.717) is 55.9 Å². The summed E-state index contributed by atoms with van der Waals surface area (Å²) < 4.78 is 38.9. The zero-order chi connectivity index (χ0) is 31.7. The van der Waals surface area contributed by atoms with Crippen LogP contribution in [0.2, 0.25) is 0 Å². The first-order valence-electron chi connectivity index (χ1n) is 17.1. The van der Waals surface area contributed by atoms with Crippen molar-refractivity contribution >= 4 is 27.5 Å². The zero-order valence-electron chi connectivity index (χ0n) is 27.0. The second kappa shape index (κ2) is 11.4. The number of fused-ring (bicyclic) bond motifs is 7. The second-order valence-corrected chi connectivity index (χ2v) is 13.9. The van der Waals surface area contributed by atoms with E-state index in [1.165, 1.54) is 5.56 Å². The normalized spacial score (nSPS) is 27.9. The van der Waals surface area contributed by atoms with Gasteiger partial charge in [0.15, 0.2) is 6.79 Å². The molecule has 4 aromatic rings. The lowest BCUT2D eigenvalue weighted by Crippen LogP contribution is -2.60. The van der Waals surface area contributed by atoms with Crippen LogP contribution < -0.4 is 24.4 Å². The fourth-order valence-electron chi connectivity index (χ4n) is 8.93. The third-order valence-electron chi connectivity index (χ3n) is 11.1. The lowest BCUT2D eigenvalue weighted by atomic mass is 9.95. The van der Waals surface area contributed by atoms with Gasteiger partial charge in [0.2, 0.25) is 5.88 Å². The Bertz CT molecular complexity index is 1860. The number of hydrogen-bond donors (Lipinski definition) is 1. The SMILES string of the molecule is CCc1cccc2cc(OCOC)cc(-c3cc4nc(OC[C@@]56CCCN5C[C@H](F)C6)nc5c4c(n3)OC[C@@H]3[C@@H]4CC[C@H](CN53)N4)c12. The number of aryl methyl sites for hydroxylation is 1. The summed E-state index contributed by atoms with van der Waals surface area (Å²) in [4.78, 5) is 20.0. The first-order valence-corrected chi connectivity index (χ1v) is 17.1. The van der Waals surface area contributed by atoms with Gasteiger partial charge in [-0.2, -0.15) is 9.97 Å². The number of rotatable bonds is 8. The number of methoxy groups -OCH3 is 1. The highest BCUT2D eigenvalue weighted by molar-refractivity contribution is 6.03. The summed E-state index contributed by atoms with van der Waals surface area (Å²) in [5.74, 6) is 2.05. The molecule has 1 N–H and O–H groups in total. The van der Waals surface area contributed by atoms with Crippen molar-refractivity contribution < 1.29 is 23.3 Å². The predicted octanol–water partition coefficient (Wildman–Crippen LogP) is 5.05. The highest BCUT2D eigenvalue weighted by Crippen LogP contribution is 2.44. The molecule has 2 bridgehead atoms. The monoisotopic (exact) mass is 640 g/mol. The van der Waals surface area contributed by atoms with Crippen LogP contribution in [0.3, 0.4) is 0 Å². The van der Waals surface area contributed by atoms with Crippen LogP contribution in [0.5, 0.6) is 17.6 Å². The van der Waals surface area contributed by atoms with Crippen LogP contribution in [-0.2, 0) is 11.2 Å². The highest BCUT2D eigenvalue weighted by atomic mass is 19.1. The van der Waals surface area contributed by atoms with Gasteiger partial charge in [-0.15, -0.1) is 0 Å². The number of hydrogen-bond acceptors (Lipinski definition) is 10. The molecule has 0 unspecified atom stereocenters. The quantitative estimate of drug-likeness (QED) is 0.264. The minimum absolute atomic E-state index is 0.113. The topological polar surface area (TPSA) is 94.1 Å². The van der Waals surface area contributed by atoms with Crippen molar-refractivity contribution in [2.75, 3.05) is 51.7 Å². The van der Waals surface area contributed by atoms with E-state index in [9.17, 15) is 4.39 Å². The molecule has 11 heteroatoms. The number of piperazine rings is 1. The number of nitrogens with zero attached hydrogens (tertiary/aromatic N) is 5. The van der Waals surface area contributed by atoms with Crippen molar-refractivity contribution in [1.29, 1.82) is 0 Å². The van der Waals surface area contributed by atoms with Crippen molar-refractivity contribution in [2.24, 2.45) is 0 Å². The Morgan fingerprint density at radius 2 is 2.02 bits per heavy atom. The van der Waals surface area contributed by atoms with Gasteiger partial charge in [-0.05, 0) is 73.2 Å². The largest absolute Gasteiger partial charge is 0.475 e. The Morgan fingerprint density at radius 1 is 1.09 bits per heavy atom. The molecule has 0 amide bonds. The second-order valence-electron chi connectivity index (χ2n) is 13.9. The van der Waals surface area contributed by atoms with E-state index in [-0.39, 0.29) is 18.4 Å². The molecular formula is C36H41FN6O4. The van der Waals surface area contributed by atoms with Gasteiger partial charge >= 0.3 is 6.01 Å². The summed E-state index contributed by atoms with van der Waals surface area (Å²) in [5, 5.41) is 6.79. The maximum Gasteiger partial charge on any atom is 0.319 e. The molecule has 7 heterocycles. The van der Waals surface area contributed by atoms with Gasteiger partial charge in [0, 0.05) is 44.3 Å². The Labute approximate surface area is 273 Å². The molecule has 5 atom stereocenters. The number of benzene rings is 2. The average Bonchev–Trinajstić information content (AvgIpc) is 3.72. The molecule has 2 aromatic carbocycles. The summed E-state index contributed by atoms with van der Waals surface area (Å²) in [5.41, 5.74) is 3.33. The van der Waals surface area contributed by atoms with Gasteiger partial charge in [0.1, 0.15) is 36.3 Å². The van der Waals surface area contributed by atoms with Crippen LogP contribution in [-0.4, -0.2) is 96.4 Å². The lowest BCUT2D eigenvalue weighted by molar-refractivity contribution is 0.0512. The van der Waals surface area contributed by atoms with E-state index < -0.39 is 6.17 Å². The number of ether oxygens (including phenoxy) is 4. The molecule has 4 fully saturated rings. The van der Waals surface area contributed by atoms with Gasteiger partial charge < -0.3 is 29.2 Å². The van der Waals surface area contributed by atoms with E-state index in [1.807, 2.05) is 18.2 Å². The molecule has 246 valence electrons. The predicted molar refractivity (Wildman–Crippen MR) is 177 cm³/mol. The van der Waals surface area contributed by atoms with E-state index in [0.717, 1.165) is 83.9 Å². The molecule has 0 saturated carbocycles. The van der Waals surface area contributed by atoms with E-state index in [2.05, 4.69) is 40.2 Å². The number of anilines is 1. The molecule has 4 saturated heterocycles. The van der Waals surface area contributed by atoms with Crippen LogP contribution in [0.4, 0.5) is 10.2 Å². The maximum atomic E-state index is 14.6. The fraction of sp³-hybridized carbons (Fsp3) is 0.528. The average molecular weight is 641 g/mol. The molecule has 47 heavy (non-hydrogen) atoms. The van der Waals surface area contributed by atoms with Gasteiger partial charge in [-0.1, -0.05) is 25.1 Å². The molecule has 5 aliphatic rings. The Kier molecular flexibility index (Phi) is 7.13. The summed E-state index contributed by atoms with van der Waals surface area (Å²) >= 11 is 0. The fourth-order valence-corrected chi connectivity index (χ4v) is 8.93. The molecule has 2 aromatic heterocycles. The van der Waals surface area contributed by atoms with E-state index in [1.54, 1.807) is 7.11 Å². The summed E-state index contributed by atoms with van der Waals surface area (Å²) in [6.45, 7) is 5.41. The van der Waals surface area contributed by atoms with Crippen LogP contribution in [0.15, 0.2) is 36.4 Å². The van der Waals surface area contributed by atoms with Gasteiger partial charge in [0.25, 0.3) is 0 Å². The first-order chi connectivity index (χ1) is 23.0. The molecule has 0 spiro atoms. The number of aromatic nitrogens is 3. The van der Waals surface area contributed by atoms with Crippen molar-refractivity contribution in [3.63, 3.8) is 0 Å². The minimum Gasteiger partial charge on any atom is -0.475 e. The summed E-state index contributed by atoms with van der Waals surface area (Å²) in [7, 11) is 1.62. The van der Waals surface area contributed by atoms with Crippen LogP contribution in [0.25, 0.3) is 32.9 Å². The summed E-state index contributed by atoms with van der Waals surface area (Å²) in [6, 6.07) is 13.6. The van der Waals surface area contributed by atoms with Crippen molar-refractivity contribution in [3.8, 4) is 28.9 Å². The standard InChI is InChI=1S/C36H41FN6O4/c1-3-21-6-4-7-22-12-25(47-20-44-2)13-26(31(21)22)28-14-29-32-33(43-17-24-8-9-27(38-24)30(43)18-45-34(32)39-28)41-35(40-29)46-19-36-10-5-11-42(36)16-23(37)15-36/h4,6-7,12-14,23-24,27,30,38H,3,5,8-11,15-20H2,1-2H3/t23-,24-,27+,30-,36+/m1/s1. The zero-order valence-corrected chi connectivity index (χ0v) is 27.0. The molecule has 5 aliphatic heterocycles. The molecule has 9 rings (SSSR count). The number of pyridine rings is 1. The smallest absolute Gasteiger partial charge is 0.319 e. The Balaban J connectivity index is 1.20. The Hall–Kier alpha value is -3.80. The van der Waals surface area contributed by atoms with Crippen molar-refractivity contribution in [1.82, 2.24) is 25.2 Å². The third-order valence-corrected chi connectivity index (χ3v) is 11.1. The molecular weight excluding hydrogens is 599 g/mol. The van der Waals surface area contributed by atoms with Gasteiger partial charge in [0.05, 0.1) is 22.8 Å². The maximum absolute atomic E-state index is 14.6. The van der Waals surface area contributed by atoms with Crippen LogP contribution >= 0.6 is 0 Å². The van der Waals surface area contributed by atoms with E-state index in [4.69, 9.17) is 33.9 Å². The first kappa shape index (κ1) is 29.3. The molecule has 0 aliphatic carbocycles.